The van der Waals surface area contributed by atoms with Gasteiger partial charge in [-0.25, -0.2) is 4.98 Å². The number of nitrogens with one attached hydrogen (secondary N) is 2. The highest BCUT2D eigenvalue weighted by Crippen LogP contribution is 2.17. The first kappa shape index (κ1) is 14.5. The minimum Gasteiger partial charge on any atom is -0.347 e. The third-order valence-electron chi connectivity index (χ3n) is 3.56. The first-order chi connectivity index (χ1) is 10.5. The van der Waals surface area contributed by atoms with Gasteiger partial charge < -0.3 is 5.32 Å². The number of thiophene rings is 1. The number of aromatic amines is 1. The van der Waals surface area contributed by atoms with Crippen LogP contribution in [0.25, 0.3) is 11.0 Å². The number of carbonyl (C=O) groups is 1. The van der Waals surface area contributed by atoms with E-state index in [4.69, 9.17) is 0 Å². The molecule has 1 amide bonds. The Morgan fingerprint density at radius 3 is 2.91 bits per heavy atom. The third kappa shape index (κ3) is 2.43. The smallest absolute Gasteiger partial charge is 0.274 e. The second-order valence-corrected chi connectivity index (χ2v) is 6.22. The molecule has 3 rings (SSSR count). The van der Waals surface area contributed by atoms with Gasteiger partial charge in [-0.1, -0.05) is 0 Å². The van der Waals surface area contributed by atoms with E-state index in [1.165, 1.54) is 4.68 Å². The molecule has 6 nitrogen and oxygen atoms in total. The van der Waals surface area contributed by atoms with Crippen molar-refractivity contribution in [2.75, 3.05) is 0 Å². The second kappa shape index (κ2) is 5.42. The van der Waals surface area contributed by atoms with Crippen LogP contribution in [0.4, 0.5) is 0 Å². The summed E-state index contributed by atoms with van der Waals surface area (Å²) in [6, 6.07) is 3.66. The summed E-state index contributed by atoms with van der Waals surface area (Å²) in [5.41, 5.74) is 2.39. The number of nitrogens with zero attached hydrogens (tertiary/aromatic N) is 2. The summed E-state index contributed by atoms with van der Waals surface area (Å²) in [5.74, 6) is -0.264. The van der Waals surface area contributed by atoms with Crippen LogP contribution >= 0.6 is 11.3 Å². The number of aryl methyl sites for hydroxylation is 3. The zero-order valence-corrected chi connectivity index (χ0v) is 13.4. The van der Waals surface area contributed by atoms with Gasteiger partial charge in [0.05, 0.1) is 17.5 Å². The minimum atomic E-state index is -0.303. The van der Waals surface area contributed by atoms with Gasteiger partial charge in [-0.05, 0) is 36.9 Å². The van der Waals surface area contributed by atoms with E-state index < -0.39 is 0 Å². The predicted molar refractivity (Wildman–Crippen MR) is 86.3 cm³/mol. The predicted octanol–water partition coefficient (Wildman–Crippen LogP) is 1.87. The molecular formula is C15H16N4O2S. The summed E-state index contributed by atoms with van der Waals surface area (Å²) >= 11 is 1.60. The molecule has 0 spiro atoms. The summed E-state index contributed by atoms with van der Waals surface area (Å²) in [5, 5.41) is 7.84. The van der Waals surface area contributed by atoms with Crippen molar-refractivity contribution in [3.63, 3.8) is 0 Å². The van der Waals surface area contributed by atoms with E-state index in [0.717, 1.165) is 10.4 Å². The fourth-order valence-corrected chi connectivity index (χ4v) is 3.25. The Morgan fingerprint density at radius 1 is 1.45 bits per heavy atom. The highest BCUT2D eigenvalue weighted by molar-refractivity contribution is 7.10. The summed E-state index contributed by atoms with van der Waals surface area (Å²) in [6.45, 7) is 4.27. The van der Waals surface area contributed by atoms with E-state index in [9.17, 15) is 9.59 Å². The number of hydrogen-bond acceptors (Lipinski definition) is 4. The fourth-order valence-electron chi connectivity index (χ4n) is 2.40. The molecule has 114 valence electrons. The first-order valence-corrected chi connectivity index (χ1v) is 7.73. The number of amides is 1. The largest absolute Gasteiger partial charge is 0.347 e. The normalized spacial score (nSPS) is 11.0. The average Bonchev–Trinajstić information content (AvgIpc) is 3.00. The maximum absolute atomic E-state index is 12.5. The van der Waals surface area contributed by atoms with Crippen LogP contribution in [0.2, 0.25) is 0 Å². The lowest BCUT2D eigenvalue weighted by Crippen LogP contribution is -2.24. The molecule has 0 bridgehead atoms. The monoisotopic (exact) mass is 316 g/mol. The van der Waals surface area contributed by atoms with Crippen LogP contribution in [-0.2, 0) is 13.6 Å². The van der Waals surface area contributed by atoms with Crippen molar-refractivity contribution in [1.29, 1.82) is 0 Å². The zero-order valence-electron chi connectivity index (χ0n) is 12.6. The lowest BCUT2D eigenvalue weighted by atomic mass is 10.1. The number of rotatable bonds is 3. The van der Waals surface area contributed by atoms with Gasteiger partial charge in [0.15, 0.2) is 5.65 Å². The van der Waals surface area contributed by atoms with Crippen LogP contribution < -0.4 is 10.9 Å². The Hall–Kier alpha value is -2.41. The molecule has 3 aromatic heterocycles. The van der Waals surface area contributed by atoms with Crippen molar-refractivity contribution in [3.8, 4) is 0 Å². The maximum Gasteiger partial charge on any atom is 0.274 e. The topological polar surface area (TPSA) is 79.8 Å². The fraction of sp³-hybridized carbons (Fsp3) is 0.267. The van der Waals surface area contributed by atoms with E-state index in [2.05, 4.69) is 15.4 Å². The van der Waals surface area contributed by atoms with Crippen molar-refractivity contribution >= 4 is 28.3 Å². The molecular weight excluding hydrogens is 300 g/mol. The zero-order chi connectivity index (χ0) is 15.9. The molecule has 0 aliphatic carbocycles. The number of H-pyrrole nitrogens is 1. The Labute approximate surface area is 130 Å². The third-order valence-corrected chi connectivity index (χ3v) is 4.59. The molecule has 0 fully saturated rings. The Kier molecular flexibility index (Phi) is 3.58. The minimum absolute atomic E-state index is 0.264. The van der Waals surface area contributed by atoms with Crippen molar-refractivity contribution in [2.24, 2.45) is 7.05 Å². The van der Waals surface area contributed by atoms with Crippen LogP contribution in [0.3, 0.4) is 0 Å². The van der Waals surface area contributed by atoms with Crippen molar-refractivity contribution in [2.45, 2.75) is 20.4 Å². The second-order valence-electron chi connectivity index (χ2n) is 5.22. The first-order valence-electron chi connectivity index (χ1n) is 6.85. The number of hydrogen-bond donors (Lipinski definition) is 2. The number of fused-ring (bicyclic) bond motifs is 1. The van der Waals surface area contributed by atoms with E-state index in [0.29, 0.717) is 28.8 Å². The van der Waals surface area contributed by atoms with Crippen molar-refractivity contribution in [3.05, 3.63) is 49.6 Å². The molecule has 3 aromatic rings. The van der Waals surface area contributed by atoms with Gasteiger partial charge >= 0.3 is 0 Å². The van der Waals surface area contributed by atoms with Crippen LogP contribution in [0, 0.1) is 13.8 Å². The van der Waals surface area contributed by atoms with E-state index in [1.54, 1.807) is 31.4 Å². The van der Waals surface area contributed by atoms with Gasteiger partial charge in [0.25, 0.3) is 11.5 Å². The van der Waals surface area contributed by atoms with E-state index in [1.807, 2.05) is 18.4 Å². The molecule has 0 aliphatic rings. The van der Waals surface area contributed by atoms with Crippen LogP contribution in [0.15, 0.2) is 22.3 Å². The Balaban J connectivity index is 1.97. The molecule has 3 heterocycles. The average molecular weight is 316 g/mol. The number of carbonyl (C=O) groups excluding carboxylic acids is 1. The Morgan fingerprint density at radius 2 is 2.23 bits per heavy atom. The summed E-state index contributed by atoms with van der Waals surface area (Å²) < 4.78 is 1.53. The van der Waals surface area contributed by atoms with Gasteiger partial charge in [0.1, 0.15) is 0 Å². The molecule has 2 N–H and O–H groups in total. The molecule has 0 radical (unpaired) electrons. The van der Waals surface area contributed by atoms with Gasteiger partial charge in [-0.2, -0.15) is 0 Å². The molecule has 0 saturated heterocycles. The lowest BCUT2D eigenvalue weighted by molar-refractivity contribution is 0.0952. The van der Waals surface area contributed by atoms with Crippen LogP contribution in [0.1, 0.15) is 26.5 Å². The Bertz CT molecular complexity index is 919. The van der Waals surface area contributed by atoms with Crippen LogP contribution in [0.5, 0.6) is 0 Å². The van der Waals surface area contributed by atoms with E-state index in [-0.39, 0.29) is 11.5 Å². The van der Waals surface area contributed by atoms with E-state index >= 15 is 0 Å². The van der Waals surface area contributed by atoms with Crippen LogP contribution in [-0.4, -0.2) is 20.7 Å². The summed E-state index contributed by atoms with van der Waals surface area (Å²) in [6.07, 6.45) is 0. The van der Waals surface area contributed by atoms with Gasteiger partial charge in [0.2, 0.25) is 0 Å². The lowest BCUT2D eigenvalue weighted by Gasteiger charge is -2.07. The highest BCUT2D eigenvalue weighted by Gasteiger charge is 2.17. The number of pyridine rings is 1. The SMILES string of the molecule is Cc1cc(C(=O)NCc2sccc2C)c2c(=O)[nH]n(C)c2n1. The standard InChI is InChI=1S/C15H16N4O2S/c1-8-4-5-22-11(8)7-16-14(20)10-6-9(2)17-13-12(10)15(21)18-19(13)3/h4-6H,7H2,1-3H3,(H,16,20)(H,18,21). The van der Waals surface area contributed by atoms with Gasteiger partial charge in [-0.15, -0.1) is 11.3 Å². The summed E-state index contributed by atoms with van der Waals surface area (Å²) in [7, 11) is 1.70. The van der Waals surface area contributed by atoms with Crippen molar-refractivity contribution in [1.82, 2.24) is 20.1 Å². The van der Waals surface area contributed by atoms with Gasteiger partial charge in [0, 0.05) is 17.6 Å². The molecule has 7 heteroatoms. The highest BCUT2D eigenvalue weighted by atomic mass is 32.1. The molecule has 0 aliphatic heterocycles. The molecule has 0 saturated carbocycles. The molecule has 0 unspecified atom stereocenters. The molecule has 0 aromatic carbocycles. The van der Waals surface area contributed by atoms with Crippen molar-refractivity contribution < 1.29 is 4.79 Å². The maximum atomic E-state index is 12.5. The quantitative estimate of drug-likeness (QED) is 0.774. The van der Waals surface area contributed by atoms with Gasteiger partial charge in [-0.3, -0.25) is 19.4 Å². The number of aromatic nitrogens is 3. The molecule has 22 heavy (non-hydrogen) atoms. The summed E-state index contributed by atoms with van der Waals surface area (Å²) in [4.78, 5) is 29.9. The molecule has 0 atom stereocenters.